The molecule has 0 aliphatic rings. The number of aryl methyl sites for hydroxylation is 1. The molecule has 0 saturated carbocycles. The lowest BCUT2D eigenvalue weighted by Crippen LogP contribution is -2.03. The van der Waals surface area contributed by atoms with Crippen molar-refractivity contribution in [3.05, 3.63) is 38.4 Å². The molecule has 1 heterocycles. The molecule has 0 unspecified atom stereocenters. The van der Waals surface area contributed by atoms with E-state index >= 15 is 0 Å². The van der Waals surface area contributed by atoms with Gasteiger partial charge in [0.05, 0.1) is 37.2 Å². The topological polar surface area (TPSA) is 125 Å². The van der Waals surface area contributed by atoms with E-state index < -0.39 is 10.9 Å². The summed E-state index contributed by atoms with van der Waals surface area (Å²) >= 11 is 1.09. The zero-order chi connectivity index (χ0) is 20.7. The van der Waals surface area contributed by atoms with Crippen molar-refractivity contribution in [2.45, 2.75) is 20.8 Å². The zero-order valence-electron chi connectivity index (χ0n) is 15.8. The maximum atomic E-state index is 11.6. The summed E-state index contributed by atoms with van der Waals surface area (Å²) < 4.78 is 15.6. The number of thiazole rings is 1. The van der Waals surface area contributed by atoms with Crippen molar-refractivity contribution in [3.63, 3.8) is 0 Å². The van der Waals surface area contributed by atoms with Gasteiger partial charge in [-0.25, -0.2) is 9.78 Å². The van der Waals surface area contributed by atoms with Gasteiger partial charge in [0.25, 0.3) is 0 Å². The minimum absolute atomic E-state index is 0.124. The highest BCUT2D eigenvalue weighted by atomic mass is 32.1. The van der Waals surface area contributed by atoms with Gasteiger partial charge >= 0.3 is 11.7 Å². The van der Waals surface area contributed by atoms with Crippen LogP contribution in [0.4, 0.5) is 10.8 Å². The van der Waals surface area contributed by atoms with Gasteiger partial charge in [-0.3, -0.25) is 15.5 Å². The molecule has 0 amide bonds. The first-order valence-electron chi connectivity index (χ1n) is 8.34. The lowest BCUT2D eigenvalue weighted by Gasteiger charge is -2.10. The van der Waals surface area contributed by atoms with E-state index in [0.717, 1.165) is 11.3 Å². The Kier molecular flexibility index (Phi) is 7.27. The summed E-state index contributed by atoms with van der Waals surface area (Å²) in [5, 5.41) is 15.7. The van der Waals surface area contributed by atoms with Gasteiger partial charge in [-0.2, -0.15) is 5.10 Å². The number of nitro groups is 1. The summed E-state index contributed by atoms with van der Waals surface area (Å²) in [4.78, 5) is 27.0. The second kappa shape index (κ2) is 9.65. The van der Waals surface area contributed by atoms with E-state index in [9.17, 15) is 14.9 Å². The van der Waals surface area contributed by atoms with Crippen LogP contribution in [0.25, 0.3) is 0 Å². The van der Waals surface area contributed by atoms with Crippen molar-refractivity contribution in [2.24, 2.45) is 5.10 Å². The number of hydrogen-bond acceptors (Lipinski definition) is 10. The normalized spacial score (nSPS) is 10.7. The largest absolute Gasteiger partial charge is 0.493 e. The van der Waals surface area contributed by atoms with Crippen LogP contribution in [0.3, 0.4) is 0 Å². The van der Waals surface area contributed by atoms with Crippen molar-refractivity contribution >= 4 is 34.3 Å². The van der Waals surface area contributed by atoms with E-state index in [4.69, 9.17) is 9.47 Å². The molecular formula is C17H20N4O6S. The number of hydrazone groups is 1. The van der Waals surface area contributed by atoms with Crippen LogP contribution in [0.2, 0.25) is 0 Å². The quantitative estimate of drug-likeness (QED) is 0.290. The van der Waals surface area contributed by atoms with E-state index in [1.807, 2.05) is 0 Å². The Bertz CT molecular complexity index is 896. The molecule has 0 aliphatic carbocycles. The second-order valence-corrected chi connectivity index (χ2v) is 6.28. The van der Waals surface area contributed by atoms with E-state index in [-0.39, 0.29) is 18.0 Å². The molecule has 10 nitrogen and oxygen atoms in total. The van der Waals surface area contributed by atoms with Crippen molar-refractivity contribution < 1.29 is 23.9 Å². The first-order chi connectivity index (χ1) is 13.4. The van der Waals surface area contributed by atoms with Crippen LogP contribution in [0, 0.1) is 17.0 Å². The van der Waals surface area contributed by atoms with E-state index in [2.05, 4.69) is 20.2 Å². The minimum atomic E-state index is -0.529. The molecule has 2 aromatic rings. The SMILES string of the molecule is CCOc1cc(OCC)c([N+](=O)[O-])cc1/C=N\Nc1nc(C)c(C(=O)OC)s1. The first-order valence-corrected chi connectivity index (χ1v) is 9.15. The number of aromatic nitrogens is 1. The smallest absolute Gasteiger partial charge is 0.350 e. The average Bonchev–Trinajstić information content (AvgIpc) is 3.03. The lowest BCUT2D eigenvalue weighted by atomic mass is 10.1. The van der Waals surface area contributed by atoms with Crippen LogP contribution in [0.5, 0.6) is 11.5 Å². The summed E-state index contributed by atoms with van der Waals surface area (Å²) in [5.41, 5.74) is 3.42. The Morgan fingerprint density at radius 1 is 1.32 bits per heavy atom. The van der Waals surface area contributed by atoms with Gasteiger partial charge in [0.1, 0.15) is 10.6 Å². The number of nitro benzene ring substituents is 1. The number of nitrogens with zero attached hydrogens (tertiary/aromatic N) is 3. The van der Waals surface area contributed by atoms with Gasteiger partial charge < -0.3 is 14.2 Å². The number of ether oxygens (including phenoxy) is 3. The van der Waals surface area contributed by atoms with Crippen LogP contribution in [-0.4, -0.2) is 42.4 Å². The molecule has 0 bridgehead atoms. The summed E-state index contributed by atoms with van der Waals surface area (Å²) in [7, 11) is 1.29. The van der Waals surface area contributed by atoms with Gasteiger partial charge in [-0.15, -0.1) is 0 Å². The first kappa shape index (κ1) is 21.1. The molecule has 1 N–H and O–H groups in total. The fraction of sp³-hybridized carbons (Fsp3) is 0.353. The van der Waals surface area contributed by atoms with Crippen molar-refractivity contribution in [1.82, 2.24) is 4.98 Å². The van der Waals surface area contributed by atoms with E-state index in [0.29, 0.717) is 33.6 Å². The highest BCUT2D eigenvalue weighted by Crippen LogP contribution is 2.34. The molecule has 11 heteroatoms. The number of anilines is 1. The van der Waals surface area contributed by atoms with Gasteiger partial charge in [0.2, 0.25) is 10.9 Å². The third kappa shape index (κ3) is 4.94. The Morgan fingerprint density at radius 2 is 2.00 bits per heavy atom. The fourth-order valence-electron chi connectivity index (χ4n) is 2.24. The van der Waals surface area contributed by atoms with Crippen LogP contribution in [-0.2, 0) is 4.74 Å². The van der Waals surface area contributed by atoms with Crippen molar-refractivity contribution in [3.8, 4) is 11.5 Å². The Hall–Kier alpha value is -3.21. The van der Waals surface area contributed by atoms with Gasteiger partial charge in [0.15, 0.2) is 0 Å². The summed E-state index contributed by atoms with van der Waals surface area (Å²) in [6.45, 7) is 5.87. The number of esters is 1. The third-order valence-corrected chi connectivity index (χ3v) is 4.46. The number of methoxy groups -OCH3 is 1. The number of rotatable bonds is 9. The molecule has 1 aromatic carbocycles. The monoisotopic (exact) mass is 408 g/mol. The molecule has 0 spiro atoms. The third-order valence-electron chi connectivity index (χ3n) is 3.42. The van der Waals surface area contributed by atoms with Crippen LogP contribution >= 0.6 is 11.3 Å². The number of hydrogen-bond donors (Lipinski definition) is 1. The molecule has 2 rings (SSSR count). The number of carbonyl (C=O) groups is 1. The molecule has 28 heavy (non-hydrogen) atoms. The van der Waals surface area contributed by atoms with Gasteiger partial charge in [0, 0.05) is 17.7 Å². The number of carbonyl (C=O) groups excluding carboxylic acids is 1. The molecule has 0 saturated heterocycles. The fourth-order valence-corrected chi connectivity index (χ4v) is 3.08. The van der Waals surface area contributed by atoms with E-state index in [1.54, 1.807) is 20.8 Å². The maximum absolute atomic E-state index is 11.6. The van der Waals surface area contributed by atoms with Gasteiger partial charge in [-0.1, -0.05) is 11.3 Å². The summed E-state index contributed by atoms with van der Waals surface area (Å²) in [6.07, 6.45) is 1.38. The molecule has 150 valence electrons. The van der Waals surface area contributed by atoms with Crippen LogP contribution in [0.1, 0.15) is 34.8 Å². The summed E-state index contributed by atoms with van der Waals surface area (Å²) in [6, 6.07) is 2.80. The predicted molar refractivity (Wildman–Crippen MR) is 105 cm³/mol. The Labute approximate surface area is 165 Å². The standard InChI is InChI=1S/C17H20N4O6S/c1-5-26-13-8-14(27-6-2)12(21(23)24)7-11(13)9-18-20-17-19-10(3)15(28-17)16(22)25-4/h7-9H,5-6H2,1-4H3,(H,19,20)/b18-9-. The lowest BCUT2D eigenvalue weighted by molar-refractivity contribution is -0.385. The summed E-state index contributed by atoms with van der Waals surface area (Å²) in [5.74, 6) is 0.0415. The Balaban J connectivity index is 2.29. The van der Waals surface area contributed by atoms with Crippen LogP contribution in [0.15, 0.2) is 17.2 Å². The van der Waals surface area contributed by atoms with Crippen molar-refractivity contribution in [1.29, 1.82) is 0 Å². The molecule has 0 atom stereocenters. The molecular weight excluding hydrogens is 388 g/mol. The zero-order valence-corrected chi connectivity index (χ0v) is 16.7. The maximum Gasteiger partial charge on any atom is 0.350 e. The predicted octanol–water partition coefficient (Wildman–Crippen LogP) is 3.39. The minimum Gasteiger partial charge on any atom is -0.493 e. The highest BCUT2D eigenvalue weighted by Gasteiger charge is 2.20. The number of nitrogens with one attached hydrogen (secondary N) is 1. The van der Waals surface area contributed by atoms with Crippen LogP contribution < -0.4 is 14.9 Å². The average molecular weight is 408 g/mol. The van der Waals surface area contributed by atoms with E-state index in [1.165, 1.54) is 25.5 Å². The highest BCUT2D eigenvalue weighted by molar-refractivity contribution is 7.17. The molecule has 0 fully saturated rings. The second-order valence-electron chi connectivity index (χ2n) is 5.28. The van der Waals surface area contributed by atoms with Crippen molar-refractivity contribution in [2.75, 3.05) is 25.7 Å². The number of benzene rings is 1. The molecule has 1 aromatic heterocycles. The molecule has 0 aliphatic heterocycles. The molecule has 0 radical (unpaired) electrons. The van der Waals surface area contributed by atoms with Gasteiger partial charge in [-0.05, 0) is 20.8 Å². The Morgan fingerprint density at radius 3 is 2.61 bits per heavy atom.